The van der Waals surface area contributed by atoms with Crippen LogP contribution in [0, 0.1) is 0 Å². The van der Waals surface area contributed by atoms with E-state index < -0.39 is 5.97 Å². The number of nitrogens with zero attached hydrogens (tertiary/aromatic N) is 1. The van der Waals surface area contributed by atoms with E-state index in [0.29, 0.717) is 0 Å². The Labute approximate surface area is 99.4 Å². The van der Waals surface area contributed by atoms with E-state index >= 15 is 0 Å². The fourth-order valence-corrected chi connectivity index (χ4v) is 1.74. The molecule has 0 atom stereocenters. The van der Waals surface area contributed by atoms with Crippen LogP contribution in [0.1, 0.15) is 18.1 Å². The number of carboxylic acids is 1. The van der Waals surface area contributed by atoms with Gasteiger partial charge in [0.1, 0.15) is 0 Å². The molecule has 3 nitrogen and oxygen atoms in total. The monoisotopic (exact) mass is 227 g/mol. The molecule has 0 unspecified atom stereocenters. The molecule has 1 N–H and O–H groups in total. The zero-order valence-electron chi connectivity index (χ0n) is 9.55. The molecule has 2 aromatic rings. The quantitative estimate of drug-likeness (QED) is 0.820. The van der Waals surface area contributed by atoms with Crippen LogP contribution < -0.4 is 0 Å². The molecule has 0 spiro atoms. The number of hydrogen-bond donors (Lipinski definition) is 1. The smallest absolute Gasteiger partial charge is 0.328 e. The van der Waals surface area contributed by atoms with E-state index in [-0.39, 0.29) is 0 Å². The number of hydrogen-bond acceptors (Lipinski definition) is 2. The van der Waals surface area contributed by atoms with E-state index in [1.54, 1.807) is 12.3 Å². The van der Waals surface area contributed by atoms with Gasteiger partial charge in [-0.3, -0.25) is 4.98 Å². The first-order valence-electron chi connectivity index (χ1n) is 5.49. The molecule has 2 rings (SSSR count). The number of aliphatic carboxylic acids is 1. The largest absolute Gasteiger partial charge is 0.478 e. The number of fused-ring (bicyclic) bond motifs is 1. The molecule has 0 aliphatic heterocycles. The molecule has 0 amide bonds. The lowest BCUT2D eigenvalue weighted by atomic mass is 10.0. The van der Waals surface area contributed by atoms with Gasteiger partial charge in [-0.2, -0.15) is 0 Å². The summed E-state index contributed by atoms with van der Waals surface area (Å²) in [6.07, 6.45) is 5.39. The van der Waals surface area contributed by atoms with Gasteiger partial charge in [0.05, 0.1) is 5.52 Å². The molecule has 0 bridgehead atoms. The third-order valence-corrected chi connectivity index (χ3v) is 2.65. The van der Waals surface area contributed by atoms with Crippen LogP contribution in [0.3, 0.4) is 0 Å². The summed E-state index contributed by atoms with van der Waals surface area (Å²) < 4.78 is 0. The Morgan fingerprint density at radius 1 is 1.41 bits per heavy atom. The maximum atomic E-state index is 10.5. The van der Waals surface area contributed by atoms with Gasteiger partial charge in [0.25, 0.3) is 0 Å². The van der Waals surface area contributed by atoms with Gasteiger partial charge >= 0.3 is 5.97 Å². The zero-order chi connectivity index (χ0) is 12.3. The minimum atomic E-state index is -0.943. The van der Waals surface area contributed by atoms with Crippen LogP contribution in [0.4, 0.5) is 0 Å². The maximum Gasteiger partial charge on any atom is 0.328 e. The second-order valence-corrected chi connectivity index (χ2v) is 3.78. The minimum absolute atomic E-state index is 0.882. The summed E-state index contributed by atoms with van der Waals surface area (Å²) >= 11 is 0. The molecule has 1 heterocycles. The van der Waals surface area contributed by atoms with Crippen molar-refractivity contribution in [3.8, 4) is 0 Å². The Balaban J connectivity index is 2.58. The van der Waals surface area contributed by atoms with Crippen LogP contribution in [-0.4, -0.2) is 16.1 Å². The summed E-state index contributed by atoms with van der Waals surface area (Å²) in [5.41, 5.74) is 2.98. The Morgan fingerprint density at radius 3 is 2.94 bits per heavy atom. The molecule has 0 radical (unpaired) electrons. The molecular formula is C14H13NO2. The number of aromatic nitrogens is 1. The molecule has 1 aromatic heterocycles. The normalized spacial score (nSPS) is 11.1. The maximum absolute atomic E-state index is 10.5. The first-order valence-corrected chi connectivity index (χ1v) is 5.49. The van der Waals surface area contributed by atoms with Gasteiger partial charge in [0.15, 0.2) is 0 Å². The van der Waals surface area contributed by atoms with E-state index in [1.165, 1.54) is 5.56 Å². The molecule has 0 saturated carbocycles. The van der Waals surface area contributed by atoms with Gasteiger partial charge < -0.3 is 5.11 Å². The Hall–Kier alpha value is -2.16. The molecule has 0 aliphatic rings. The van der Waals surface area contributed by atoms with E-state index in [1.807, 2.05) is 18.2 Å². The van der Waals surface area contributed by atoms with Gasteiger partial charge in [-0.1, -0.05) is 13.0 Å². The van der Waals surface area contributed by atoms with Crippen molar-refractivity contribution < 1.29 is 9.90 Å². The number of pyridine rings is 1. The molecular weight excluding hydrogens is 214 g/mol. The van der Waals surface area contributed by atoms with Crippen molar-refractivity contribution >= 4 is 22.9 Å². The Bertz CT molecular complexity index is 588. The van der Waals surface area contributed by atoms with Crippen LogP contribution in [0.2, 0.25) is 0 Å². The van der Waals surface area contributed by atoms with Crippen molar-refractivity contribution in [2.75, 3.05) is 0 Å². The standard InChI is InChI=1S/C14H13NO2/c1-2-10-3-5-13-12(9-10)11(7-8-15-13)4-6-14(16)17/h3-9H,2H2,1H3,(H,16,17). The lowest BCUT2D eigenvalue weighted by Gasteiger charge is -2.03. The molecule has 0 aliphatic carbocycles. The second-order valence-electron chi connectivity index (χ2n) is 3.78. The summed E-state index contributed by atoms with van der Waals surface area (Å²) in [6.45, 7) is 2.09. The number of benzene rings is 1. The van der Waals surface area contributed by atoms with Crippen LogP contribution >= 0.6 is 0 Å². The molecule has 0 saturated heterocycles. The van der Waals surface area contributed by atoms with E-state index in [4.69, 9.17) is 5.11 Å². The lowest BCUT2D eigenvalue weighted by molar-refractivity contribution is -0.131. The predicted octanol–water partition coefficient (Wildman–Crippen LogP) is 2.90. The molecule has 86 valence electrons. The van der Waals surface area contributed by atoms with E-state index in [2.05, 4.69) is 18.0 Å². The molecule has 17 heavy (non-hydrogen) atoms. The highest BCUT2D eigenvalue weighted by Gasteiger charge is 2.01. The first-order chi connectivity index (χ1) is 8.20. The van der Waals surface area contributed by atoms with E-state index in [0.717, 1.165) is 29.0 Å². The number of aryl methyl sites for hydroxylation is 1. The van der Waals surface area contributed by atoms with Crippen LogP contribution in [0.5, 0.6) is 0 Å². The molecule has 1 aromatic carbocycles. The third kappa shape index (κ3) is 2.50. The highest BCUT2D eigenvalue weighted by molar-refractivity contribution is 5.92. The Morgan fingerprint density at radius 2 is 2.24 bits per heavy atom. The summed E-state index contributed by atoms with van der Waals surface area (Å²) in [4.78, 5) is 14.8. The zero-order valence-corrected chi connectivity index (χ0v) is 9.55. The van der Waals surface area contributed by atoms with Crippen molar-refractivity contribution in [1.29, 1.82) is 0 Å². The first kappa shape index (κ1) is 11.3. The second kappa shape index (κ2) is 4.78. The van der Waals surface area contributed by atoms with Gasteiger partial charge in [0, 0.05) is 17.7 Å². The van der Waals surface area contributed by atoms with Gasteiger partial charge in [-0.05, 0) is 41.8 Å². The fraction of sp³-hybridized carbons (Fsp3) is 0.143. The lowest BCUT2D eigenvalue weighted by Crippen LogP contribution is -1.88. The van der Waals surface area contributed by atoms with Crippen molar-refractivity contribution in [2.45, 2.75) is 13.3 Å². The minimum Gasteiger partial charge on any atom is -0.478 e. The SMILES string of the molecule is CCc1ccc2nccc(C=CC(=O)O)c2c1. The number of carbonyl (C=O) groups is 1. The topological polar surface area (TPSA) is 50.2 Å². The van der Waals surface area contributed by atoms with Crippen molar-refractivity contribution in [1.82, 2.24) is 4.98 Å². The predicted molar refractivity (Wildman–Crippen MR) is 67.8 cm³/mol. The summed E-state index contributed by atoms with van der Waals surface area (Å²) in [6, 6.07) is 7.89. The van der Waals surface area contributed by atoms with Gasteiger partial charge in [-0.25, -0.2) is 4.79 Å². The Kier molecular flexibility index (Phi) is 3.19. The molecule has 0 fully saturated rings. The average Bonchev–Trinajstić information content (AvgIpc) is 2.35. The van der Waals surface area contributed by atoms with Crippen LogP contribution in [0.25, 0.3) is 17.0 Å². The summed E-state index contributed by atoms with van der Waals surface area (Å²) in [7, 11) is 0. The fourth-order valence-electron chi connectivity index (χ4n) is 1.74. The van der Waals surface area contributed by atoms with Gasteiger partial charge in [-0.15, -0.1) is 0 Å². The van der Waals surface area contributed by atoms with Crippen LogP contribution in [-0.2, 0) is 11.2 Å². The summed E-state index contributed by atoms with van der Waals surface area (Å²) in [5.74, 6) is -0.943. The van der Waals surface area contributed by atoms with Crippen molar-refractivity contribution in [2.24, 2.45) is 0 Å². The number of carboxylic acid groups (broad SMARTS) is 1. The third-order valence-electron chi connectivity index (χ3n) is 2.65. The highest BCUT2D eigenvalue weighted by atomic mass is 16.4. The van der Waals surface area contributed by atoms with Crippen LogP contribution in [0.15, 0.2) is 36.5 Å². The van der Waals surface area contributed by atoms with E-state index in [9.17, 15) is 4.79 Å². The number of rotatable bonds is 3. The van der Waals surface area contributed by atoms with Gasteiger partial charge in [0.2, 0.25) is 0 Å². The van der Waals surface area contributed by atoms with Crippen molar-refractivity contribution in [3.05, 3.63) is 47.7 Å². The summed E-state index contributed by atoms with van der Waals surface area (Å²) in [5, 5.41) is 9.64. The van der Waals surface area contributed by atoms with Crippen molar-refractivity contribution in [3.63, 3.8) is 0 Å². The highest BCUT2D eigenvalue weighted by Crippen LogP contribution is 2.19. The average molecular weight is 227 g/mol. The molecule has 3 heteroatoms.